The van der Waals surface area contributed by atoms with Gasteiger partial charge in [-0.1, -0.05) is 30.7 Å². The number of carbonyl (C=O) groups is 2. The van der Waals surface area contributed by atoms with Crippen molar-refractivity contribution in [3.8, 4) is 11.1 Å². The lowest BCUT2D eigenvalue weighted by Crippen LogP contribution is -2.25. The largest absolute Gasteiger partial charge is 0.315 e. The first-order chi connectivity index (χ1) is 14.4. The Morgan fingerprint density at radius 3 is 2.47 bits per heavy atom. The average Bonchev–Trinajstić information content (AvgIpc) is 2.77. The van der Waals surface area contributed by atoms with Gasteiger partial charge in [-0.25, -0.2) is 9.37 Å². The molecule has 5 nitrogen and oxygen atoms in total. The van der Waals surface area contributed by atoms with E-state index in [2.05, 4.69) is 9.97 Å². The van der Waals surface area contributed by atoms with Crippen molar-refractivity contribution in [2.24, 2.45) is 0 Å². The molecule has 0 saturated carbocycles. The first kappa shape index (κ1) is 21.6. The first-order valence-electron chi connectivity index (χ1n) is 9.55. The SMILES string of the molecule is CCC(=O)N(C)c1ccc(-c2ccc(C(=O)CCc3ccc(Cl)nc3)nc2)c(F)c1. The Morgan fingerprint density at radius 1 is 1.07 bits per heavy atom. The molecule has 3 rings (SSSR count). The molecular formula is C23H21ClFN3O2. The summed E-state index contributed by atoms with van der Waals surface area (Å²) in [6.45, 7) is 1.75. The quantitative estimate of drug-likeness (QED) is 0.389. The predicted molar refractivity (Wildman–Crippen MR) is 115 cm³/mol. The van der Waals surface area contributed by atoms with Gasteiger partial charge in [0.2, 0.25) is 5.91 Å². The maximum Gasteiger partial charge on any atom is 0.226 e. The number of benzene rings is 1. The van der Waals surface area contributed by atoms with Crippen LogP contribution >= 0.6 is 11.6 Å². The van der Waals surface area contributed by atoms with Gasteiger partial charge in [0.15, 0.2) is 5.78 Å². The van der Waals surface area contributed by atoms with E-state index in [1.165, 1.54) is 17.2 Å². The van der Waals surface area contributed by atoms with Crippen molar-refractivity contribution >= 4 is 29.0 Å². The number of aryl methyl sites for hydroxylation is 1. The molecule has 2 aromatic heterocycles. The molecular weight excluding hydrogens is 405 g/mol. The maximum atomic E-state index is 14.6. The molecule has 0 aliphatic heterocycles. The number of halogens is 2. The summed E-state index contributed by atoms with van der Waals surface area (Å²) in [7, 11) is 1.61. The molecule has 0 N–H and O–H groups in total. The molecule has 0 bridgehead atoms. The summed E-state index contributed by atoms with van der Waals surface area (Å²) in [6.07, 6.45) is 4.29. The standard InChI is InChI=1S/C23H21ClFN3O2/c1-3-23(30)28(2)17-7-8-18(19(25)12-17)16-6-9-20(26-14-16)21(29)10-4-15-5-11-22(24)27-13-15/h5-9,11-14H,3-4,10H2,1-2H3. The third-order valence-corrected chi connectivity index (χ3v) is 5.03. The highest BCUT2D eigenvalue weighted by Crippen LogP contribution is 2.26. The summed E-state index contributed by atoms with van der Waals surface area (Å²) in [5.41, 5.74) is 2.64. The smallest absolute Gasteiger partial charge is 0.226 e. The number of anilines is 1. The molecule has 3 aromatic rings. The van der Waals surface area contributed by atoms with Gasteiger partial charge in [0, 0.05) is 49.1 Å². The number of carbonyl (C=O) groups excluding carboxylic acids is 2. The van der Waals surface area contributed by atoms with E-state index in [9.17, 15) is 14.0 Å². The third-order valence-electron chi connectivity index (χ3n) is 4.81. The first-order valence-corrected chi connectivity index (χ1v) is 9.93. The monoisotopic (exact) mass is 425 g/mol. The number of hydrogen-bond donors (Lipinski definition) is 0. The molecule has 30 heavy (non-hydrogen) atoms. The van der Waals surface area contributed by atoms with Crippen LogP contribution in [-0.2, 0) is 11.2 Å². The number of pyridine rings is 2. The molecule has 0 fully saturated rings. The van der Waals surface area contributed by atoms with Gasteiger partial charge in [0.25, 0.3) is 0 Å². The average molecular weight is 426 g/mol. The normalized spacial score (nSPS) is 10.7. The Hall–Kier alpha value is -3.12. The van der Waals surface area contributed by atoms with Gasteiger partial charge in [-0.2, -0.15) is 0 Å². The number of hydrogen-bond acceptors (Lipinski definition) is 4. The molecule has 0 aliphatic rings. The van der Waals surface area contributed by atoms with Crippen LogP contribution in [0.1, 0.15) is 35.8 Å². The fourth-order valence-corrected chi connectivity index (χ4v) is 3.10. The molecule has 0 radical (unpaired) electrons. The molecule has 0 unspecified atom stereocenters. The molecule has 0 spiro atoms. The highest BCUT2D eigenvalue weighted by atomic mass is 35.5. The second-order valence-corrected chi connectivity index (χ2v) is 7.20. The van der Waals surface area contributed by atoms with Crippen molar-refractivity contribution < 1.29 is 14.0 Å². The highest BCUT2D eigenvalue weighted by Gasteiger charge is 2.14. The second kappa shape index (κ2) is 9.59. The van der Waals surface area contributed by atoms with E-state index in [-0.39, 0.29) is 18.1 Å². The molecule has 1 aromatic carbocycles. The minimum absolute atomic E-state index is 0.0962. The zero-order valence-corrected chi connectivity index (χ0v) is 17.5. The van der Waals surface area contributed by atoms with Crippen molar-refractivity contribution in [1.29, 1.82) is 0 Å². The second-order valence-electron chi connectivity index (χ2n) is 6.81. The van der Waals surface area contributed by atoms with Gasteiger partial charge in [0.1, 0.15) is 16.7 Å². The Morgan fingerprint density at radius 2 is 1.87 bits per heavy atom. The molecule has 154 valence electrons. The summed E-state index contributed by atoms with van der Waals surface area (Å²) >= 11 is 5.76. The summed E-state index contributed by atoms with van der Waals surface area (Å²) in [5.74, 6) is -0.660. The van der Waals surface area contributed by atoms with Crippen molar-refractivity contribution in [2.45, 2.75) is 26.2 Å². The Kier molecular flexibility index (Phi) is 6.90. The van der Waals surface area contributed by atoms with Crippen LogP contribution < -0.4 is 4.90 Å². The minimum atomic E-state index is -0.459. The van der Waals surface area contributed by atoms with Crippen LogP contribution in [0.2, 0.25) is 5.15 Å². The Labute approximate surface area is 179 Å². The van der Waals surface area contributed by atoms with E-state index in [1.54, 1.807) is 50.5 Å². The van der Waals surface area contributed by atoms with E-state index in [4.69, 9.17) is 11.6 Å². The van der Waals surface area contributed by atoms with Crippen LogP contribution in [0.15, 0.2) is 54.9 Å². The Bertz CT molecular complexity index is 1050. The van der Waals surface area contributed by atoms with Crippen molar-refractivity contribution in [1.82, 2.24) is 9.97 Å². The van der Waals surface area contributed by atoms with Gasteiger partial charge in [-0.3, -0.25) is 14.6 Å². The van der Waals surface area contributed by atoms with Gasteiger partial charge >= 0.3 is 0 Å². The summed E-state index contributed by atoms with van der Waals surface area (Å²) in [5, 5.41) is 0.409. The van der Waals surface area contributed by atoms with E-state index < -0.39 is 5.82 Å². The van der Waals surface area contributed by atoms with Gasteiger partial charge < -0.3 is 4.90 Å². The predicted octanol–water partition coefficient (Wildman–Crippen LogP) is 5.12. The molecule has 7 heteroatoms. The lowest BCUT2D eigenvalue weighted by Gasteiger charge is -2.17. The van der Waals surface area contributed by atoms with Crippen molar-refractivity contribution in [3.05, 3.63) is 77.1 Å². The summed E-state index contributed by atoms with van der Waals surface area (Å²) in [4.78, 5) is 33.8. The number of aromatic nitrogens is 2. The van der Waals surface area contributed by atoms with Crippen molar-refractivity contribution in [2.75, 3.05) is 11.9 Å². The molecule has 0 aliphatic carbocycles. The number of nitrogens with zero attached hydrogens (tertiary/aromatic N) is 3. The van der Waals surface area contributed by atoms with Crippen LogP contribution in [0.3, 0.4) is 0 Å². The topological polar surface area (TPSA) is 63.2 Å². The number of amides is 1. The summed E-state index contributed by atoms with van der Waals surface area (Å²) < 4.78 is 14.6. The maximum absolute atomic E-state index is 14.6. The van der Waals surface area contributed by atoms with E-state index in [0.29, 0.717) is 40.5 Å². The zero-order valence-electron chi connectivity index (χ0n) is 16.7. The number of ketones is 1. The number of rotatable bonds is 7. The zero-order chi connectivity index (χ0) is 21.7. The van der Waals surface area contributed by atoms with E-state index in [1.807, 2.05) is 6.07 Å². The molecule has 0 saturated heterocycles. The van der Waals surface area contributed by atoms with Crippen LogP contribution in [0.4, 0.5) is 10.1 Å². The molecule has 1 amide bonds. The van der Waals surface area contributed by atoms with Crippen LogP contribution in [-0.4, -0.2) is 28.7 Å². The van der Waals surface area contributed by atoms with Gasteiger partial charge in [-0.05, 0) is 42.3 Å². The molecule has 0 atom stereocenters. The van der Waals surface area contributed by atoms with E-state index >= 15 is 0 Å². The van der Waals surface area contributed by atoms with Crippen LogP contribution in [0.5, 0.6) is 0 Å². The molecule has 2 heterocycles. The highest BCUT2D eigenvalue weighted by molar-refractivity contribution is 6.29. The van der Waals surface area contributed by atoms with Crippen molar-refractivity contribution in [3.63, 3.8) is 0 Å². The van der Waals surface area contributed by atoms with Crippen LogP contribution in [0, 0.1) is 5.82 Å². The fourth-order valence-electron chi connectivity index (χ4n) is 2.99. The van der Waals surface area contributed by atoms with Gasteiger partial charge in [0.05, 0.1) is 0 Å². The van der Waals surface area contributed by atoms with Gasteiger partial charge in [-0.15, -0.1) is 0 Å². The minimum Gasteiger partial charge on any atom is -0.315 e. The van der Waals surface area contributed by atoms with Crippen LogP contribution in [0.25, 0.3) is 11.1 Å². The Balaban J connectivity index is 1.69. The fraction of sp³-hybridized carbons (Fsp3) is 0.217. The van der Waals surface area contributed by atoms with E-state index in [0.717, 1.165) is 5.56 Å². The lowest BCUT2D eigenvalue weighted by atomic mass is 10.0. The lowest BCUT2D eigenvalue weighted by molar-refractivity contribution is -0.118. The number of Topliss-reactive ketones (excluding diaryl/α,β-unsaturated/α-hetero) is 1. The third kappa shape index (κ3) is 5.07. The summed E-state index contributed by atoms with van der Waals surface area (Å²) in [6, 6.07) is 11.4.